The number of methoxy groups -OCH3 is 2. The third-order valence-corrected chi connectivity index (χ3v) is 3.59. The summed E-state index contributed by atoms with van der Waals surface area (Å²) in [6, 6.07) is 12.3. The molecule has 2 rings (SSSR count). The number of hydrogen-bond donors (Lipinski definition) is 2. The van der Waals surface area contributed by atoms with Gasteiger partial charge in [-0.2, -0.15) is 0 Å². The molecule has 6 nitrogen and oxygen atoms in total. The highest BCUT2D eigenvalue weighted by atomic mass is 16.5. The van der Waals surface area contributed by atoms with Crippen LogP contribution in [0.5, 0.6) is 17.2 Å². The number of amides is 1. The van der Waals surface area contributed by atoms with Gasteiger partial charge in [0.1, 0.15) is 11.8 Å². The van der Waals surface area contributed by atoms with Crippen LogP contribution in [0.4, 0.5) is 11.4 Å². The zero-order valence-electron chi connectivity index (χ0n) is 15.0. The quantitative estimate of drug-likeness (QED) is 0.766. The van der Waals surface area contributed by atoms with Gasteiger partial charge in [0, 0.05) is 17.4 Å². The molecule has 2 aromatic rings. The number of benzene rings is 2. The van der Waals surface area contributed by atoms with Gasteiger partial charge >= 0.3 is 0 Å². The molecule has 0 aliphatic heterocycles. The first-order valence-electron chi connectivity index (χ1n) is 8.09. The first kappa shape index (κ1) is 18.4. The lowest BCUT2D eigenvalue weighted by atomic mass is 10.2. The van der Waals surface area contributed by atoms with Gasteiger partial charge in [0.2, 0.25) is 5.91 Å². The normalized spacial score (nSPS) is 11.4. The fourth-order valence-corrected chi connectivity index (χ4v) is 2.29. The summed E-state index contributed by atoms with van der Waals surface area (Å²) in [6.07, 6.45) is 0. The minimum absolute atomic E-state index is 0.140. The van der Waals surface area contributed by atoms with E-state index in [0.29, 0.717) is 18.1 Å². The molecule has 0 aliphatic rings. The van der Waals surface area contributed by atoms with E-state index in [4.69, 9.17) is 14.2 Å². The van der Waals surface area contributed by atoms with E-state index in [2.05, 4.69) is 10.6 Å². The van der Waals surface area contributed by atoms with E-state index < -0.39 is 6.04 Å². The van der Waals surface area contributed by atoms with E-state index in [1.807, 2.05) is 37.3 Å². The SMILES string of the molecule is CCOc1ccc(NC(=O)C(C)Nc2ccc(OC)c(OC)c2)cc1. The van der Waals surface area contributed by atoms with Crippen molar-refractivity contribution < 1.29 is 19.0 Å². The van der Waals surface area contributed by atoms with Gasteiger partial charge in [-0.25, -0.2) is 0 Å². The second-order valence-electron chi connectivity index (χ2n) is 5.38. The third-order valence-electron chi connectivity index (χ3n) is 3.59. The molecule has 0 heterocycles. The van der Waals surface area contributed by atoms with Gasteiger partial charge in [0.15, 0.2) is 11.5 Å². The number of anilines is 2. The van der Waals surface area contributed by atoms with Crippen molar-refractivity contribution in [2.75, 3.05) is 31.5 Å². The maximum atomic E-state index is 12.3. The zero-order valence-corrected chi connectivity index (χ0v) is 15.0. The van der Waals surface area contributed by atoms with Gasteiger partial charge in [0.05, 0.1) is 20.8 Å². The van der Waals surface area contributed by atoms with Crippen LogP contribution in [0.15, 0.2) is 42.5 Å². The highest BCUT2D eigenvalue weighted by molar-refractivity contribution is 5.96. The van der Waals surface area contributed by atoms with Gasteiger partial charge in [0.25, 0.3) is 0 Å². The van der Waals surface area contributed by atoms with E-state index in [1.54, 1.807) is 33.3 Å². The van der Waals surface area contributed by atoms with Crippen LogP contribution < -0.4 is 24.8 Å². The van der Waals surface area contributed by atoms with Crippen LogP contribution >= 0.6 is 0 Å². The van der Waals surface area contributed by atoms with E-state index in [9.17, 15) is 4.79 Å². The van der Waals surface area contributed by atoms with Crippen molar-refractivity contribution in [3.63, 3.8) is 0 Å². The molecule has 0 saturated heterocycles. The molecule has 134 valence electrons. The topological polar surface area (TPSA) is 68.8 Å². The molecule has 0 radical (unpaired) electrons. The Morgan fingerprint density at radius 2 is 1.64 bits per heavy atom. The molecule has 1 atom stereocenters. The standard InChI is InChI=1S/C19H24N2O4/c1-5-25-16-9-6-14(7-10-16)21-19(22)13(2)20-15-8-11-17(23-3)18(12-15)24-4/h6-13,20H,5H2,1-4H3,(H,21,22). The Balaban J connectivity index is 1.97. The van der Waals surface area contributed by atoms with Crippen LogP contribution in [-0.2, 0) is 4.79 Å². The molecule has 0 aliphatic carbocycles. The average Bonchev–Trinajstić information content (AvgIpc) is 2.63. The van der Waals surface area contributed by atoms with Gasteiger partial charge < -0.3 is 24.8 Å². The number of hydrogen-bond acceptors (Lipinski definition) is 5. The summed E-state index contributed by atoms with van der Waals surface area (Å²) < 4.78 is 15.9. The van der Waals surface area contributed by atoms with Crippen LogP contribution in [0.3, 0.4) is 0 Å². The number of rotatable bonds is 8. The molecule has 0 fully saturated rings. The minimum atomic E-state index is -0.426. The predicted molar refractivity (Wildman–Crippen MR) is 98.9 cm³/mol. The van der Waals surface area contributed by atoms with Gasteiger partial charge in [-0.05, 0) is 50.2 Å². The van der Waals surface area contributed by atoms with Crippen molar-refractivity contribution in [3.8, 4) is 17.2 Å². The summed E-state index contributed by atoms with van der Waals surface area (Å²) in [5, 5.41) is 6.02. The zero-order chi connectivity index (χ0) is 18.2. The second kappa shape index (κ2) is 8.82. The Hall–Kier alpha value is -2.89. The first-order chi connectivity index (χ1) is 12.1. The lowest BCUT2D eigenvalue weighted by Crippen LogP contribution is -2.31. The van der Waals surface area contributed by atoms with Crippen molar-refractivity contribution in [2.24, 2.45) is 0 Å². The molecule has 25 heavy (non-hydrogen) atoms. The highest BCUT2D eigenvalue weighted by Crippen LogP contribution is 2.30. The Morgan fingerprint density at radius 1 is 1.00 bits per heavy atom. The summed E-state index contributed by atoms with van der Waals surface area (Å²) in [5.74, 6) is 1.88. The molecule has 2 aromatic carbocycles. The van der Waals surface area contributed by atoms with Crippen molar-refractivity contribution in [1.29, 1.82) is 0 Å². The van der Waals surface area contributed by atoms with Gasteiger partial charge in [-0.15, -0.1) is 0 Å². The average molecular weight is 344 g/mol. The third kappa shape index (κ3) is 5.04. The monoisotopic (exact) mass is 344 g/mol. The lowest BCUT2D eigenvalue weighted by Gasteiger charge is -2.17. The summed E-state index contributed by atoms with van der Waals surface area (Å²) in [4.78, 5) is 12.3. The van der Waals surface area contributed by atoms with Crippen LogP contribution in [0.25, 0.3) is 0 Å². The van der Waals surface area contributed by atoms with Crippen molar-refractivity contribution in [2.45, 2.75) is 19.9 Å². The molecule has 0 bridgehead atoms. The minimum Gasteiger partial charge on any atom is -0.494 e. The summed E-state index contributed by atoms with van der Waals surface area (Å²) >= 11 is 0. The molecule has 2 N–H and O–H groups in total. The van der Waals surface area contributed by atoms with Crippen LogP contribution in [0, 0.1) is 0 Å². The highest BCUT2D eigenvalue weighted by Gasteiger charge is 2.14. The summed E-state index contributed by atoms with van der Waals surface area (Å²) in [7, 11) is 3.15. The lowest BCUT2D eigenvalue weighted by molar-refractivity contribution is -0.116. The Labute approximate surface area is 148 Å². The maximum absolute atomic E-state index is 12.3. The Bertz CT molecular complexity index is 701. The van der Waals surface area contributed by atoms with Gasteiger partial charge in [-0.3, -0.25) is 4.79 Å². The number of ether oxygens (including phenoxy) is 3. The van der Waals surface area contributed by atoms with Crippen LogP contribution in [0.2, 0.25) is 0 Å². The van der Waals surface area contributed by atoms with Crippen molar-refractivity contribution >= 4 is 17.3 Å². The van der Waals surface area contributed by atoms with Gasteiger partial charge in [-0.1, -0.05) is 0 Å². The molecule has 0 spiro atoms. The predicted octanol–water partition coefficient (Wildman–Crippen LogP) is 3.54. The molecular weight excluding hydrogens is 320 g/mol. The molecule has 1 amide bonds. The molecule has 6 heteroatoms. The van der Waals surface area contributed by atoms with E-state index in [1.165, 1.54) is 0 Å². The molecule has 0 saturated carbocycles. The van der Waals surface area contributed by atoms with Crippen molar-refractivity contribution in [1.82, 2.24) is 0 Å². The molecular formula is C19H24N2O4. The van der Waals surface area contributed by atoms with E-state index >= 15 is 0 Å². The van der Waals surface area contributed by atoms with E-state index in [0.717, 1.165) is 17.1 Å². The van der Waals surface area contributed by atoms with Crippen LogP contribution in [-0.4, -0.2) is 32.8 Å². The maximum Gasteiger partial charge on any atom is 0.246 e. The Morgan fingerprint density at radius 3 is 2.24 bits per heavy atom. The Kier molecular flexibility index (Phi) is 6.51. The molecule has 1 unspecified atom stereocenters. The smallest absolute Gasteiger partial charge is 0.246 e. The fourth-order valence-electron chi connectivity index (χ4n) is 2.29. The van der Waals surface area contributed by atoms with Crippen LogP contribution in [0.1, 0.15) is 13.8 Å². The second-order valence-corrected chi connectivity index (χ2v) is 5.38. The fraction of sp³-hybridized carbons (Fsp3) is 0.316. The molecule has 0 aromatic heterocycles. The number of carbonyl (C=O) groups is 1. The van der Waals surface area contributed by atoms with Crippen molar-refractivity contribution in [3.05, 3.63) is 42.5 Å². The first-order valence-corrected chi connectivity index (χ1v) is 8.09. The number of nitrogens with one attached hydrogen (secondary N) is 2. The number of carbonyl (C=O) groups excluding carboxylic acids is 1. The summed E-state index contributed by atoms with van der Waals surface area (Å²) in [5.41, 5.74) is 1.49. The summed E-state index contributed by atoms with van der Waals surface area (Å²) in [6.45, 7) is 4.33. The van der Waals surface area contributed by atoms with E-state index in [-0.39, 0.29) is 5.91 Å². The largest absolute Gasteiger partial charge is 0.494 e.